The highest BCUT2D eigenvalue weighted by molar-refractivity contribution is 5.85. The summed E-state index contributed by atoms with van der Waals surface area (Å²) >= 11 is 0. The highest BCUT2D eigenvalue weighted by Gasteiger charge is 2.18. The maximum atomic E-state index is 11.5. The summed E-state index contributed by atoms with van der Waals surface area (Å²) in [5.74, 6) is -2.31. The molecule has 0 radical (unpaired) electrons. The van der Waals surface area contributed by atoms with Gasteiger partial charge in [0, 0.05) is 20.0 Å². The number of nitrogens with zero attached hydrogens (tertiary/aromatic N) is 1. The average Bonchev–Trinajstić information content (AvgIpc) is 2.21. The molecule has 0 aliphatic heterocycles. The van der Waals surface area contributed by atoms with Gasteiger partial charge in [-0.3, -0.25) is 14.4 Å². The van der Waals surface area contributed by atoms with E-state index in [0.717, 1.165) is 4.90 Å². The number of amides is 4. The van der Waals surface area contributed by atoms with Crippen LogP contribution in [-0.2, 0) is 14.4 Å². The second kappa shape index (κ2) is 7.87. The zero-order chi connectivity index (χ0) is 14.1. The van der Waals surface area contributed by atoms with Gasteiger partial charge < -0.3 is 26.4 Å². The Balaban J connectivity index is 4.16. The van der Waals surface area contributed by atoms with E-state index in [1.807, 2.05) is 0 Å². The van der Waals surface area contributed by atoms with Gasteiger partial charge in [0.2, 0.25) is 11.8 Å². The summed E-state index contributed by atoms with van der Waals surface area (Å²) in [6.45, 7) is 0.532. The molecular weight excluding hydrogens is 244 g/mol. The number of carbonyl (C=O) groups excluding carboxylic acids is 3. The minimum atomic E-state index is -1.26. The molecule has 0 aromatic heterocycles. The van der Waals surface area contributed by atoms with E-state index < -0.39 is 31.0 Å². The molecule has 0 fully saturated rings. The zero-order valence-electron chi connectivity index (χ0n) is 9.93. The van der Waals surface area contributed by atoms with Crippen molar-refractivity contribution in [2.45, 2.75) is 6.92 Å². The predicted octanol–water partition coefficient (Wildman–Crippen LogP) is -2.30. The number of carboxylic acid groups (broad SMARTS) is 1. The first-order valence-electron chi connectivity index (χ1n) is 5.10. The van der Waals surface area contributed by atoms with Crippen LogP contribution in [0.15, 0.2) is 0 Å². The molecule has 9 heteroatoms. The Morgan fingerprint density at radius 1 is 1.11 bits per heavy atom. The molecular formula is C9H16N4O5. The number of nitrogens with two attached hydrogens (primary N) is 1. The smallest absolute Gasteiger partial charge is 0.323 e. The lowest BCUT2D eigenvalue weighted by Gasteiger charge is -2.19. The van der Waals surface area contributed by atoms with Crippen LogP contribution in [0.3, 0.4) is 0 Å². The summed E-state index contributed by atoms with van der Waals surface area (Å²) in [4.78, 5) is 43.9. The summed E-state index contributed by atoms with van der Waals surface area (Å²) < 4.78 is 0. The summed E-state index contributed by atoms with van der Waals surface area (Å²) in [6.07, 6.45) is 0. The molecule has 0 atom stereocenters. The van der Waals surface area contributed by atoms with Crippen LogP contribution >= 0.6 is 0 Å². The number of hydrogen-bond acceptors (Lipinski definition) is 4. The zero-order valence-corrected chi connectivity index (χ0v) is 9.93. The predicted molar refractivity (Wildman–Crippen MR) is 60.5 cm³/mol. The fourth-order valence-electron chi connectivity index (χ4n) is 1.07. The third-order valence-corrected chi connectivity index (χ3v) is 1.74. The van der Waals surface area contributed by atoms with E-state index in [9.17, 15) is 19.2 Å². The Hall–Kier alpha value is -2.32. The van der Waals surface area contributed by atoms with Gasteiger partial charge in [-0.05, 0) is 0 Å². The van der Waals surface area contributed by atoms with Crippen molar-refractivity contribution in [2.75, 3.05) is 26.2 Å². The number of rotatable bonds is 7. The molecule has 5 N–H and O–H groups in total. The van der Waals surface area contributed by atoms with Crippen molar-refractivity contribution in [1.29, 1.82) is 0 Å². The molecule has 0 aliphatic rings. The van der Waals surface area contributed by atoms with Gasteiger partial charge in [0.15, 0.2) is 0 Å². The third-order valence-electron chi connectivity index (χ3n) is 1.74. The first kappa shape index (κ1) is 15.7. The van der Waals surface area contributed by atoms with Crippen molar-refractivity contribution in [3.05, 3.63) is 0 Å². The van der Waals surface area contributed by atoms with Crippen LogP contribution in [0.25, 0.3) is 0 Å². The van der Waals surface area contributed by atoms with Crippen LogP contribution in [0.4, 0.5) is 4.79 Å². The van der Waals surface area contributed by atoms with Gasteiger partial charge in [-0.15, -0.1) is 0 Å². The van der Waals surface area contributed by atoms with Crippen LogP contribution in [0.5, 0.6) is 0 Å². The lowest BCUT2D eigenvalue weighted by Crippen LogP contribution is -2.48. The summed E-state index contributed by atoms with van der Waals surface area (Å²) in [5, 5.41) is 13.4. The lowest BCUT2D eigenvalue weighted by atomic mass is 10.4. The normalized spacial score (nSPS) is 9.39. The van der Waals surface area contributed by atoms with E-state index in [-0.39, 0.29) is 19.0 Å². The molecule has 0 aromatic carbocycles. The Morgan fingerprint density at radius 2 is 1.67 bits per heavy atom. The largest absolute Gasteiger partial charge is 0.480 e. The summed E-state index contributed by atoms with van der Waals surface area (Å²) in [6, 6.07) is -0.735. The molecule has 0 unspecified atom stereocenters. The highest BCUT2D eigenvalue weighted by Crippen LogP contribution is 1.89. The standard InChI is InChI=1S/C9H16N4O5/c1-6(14)11-2-3-12-9(18)13(4-7(10)15)5-8(16)17/h2-5H2,1H3,(H2,10,15)(H,11,14)(H,12,18)(H,16,17). The van der Waals surface area contributed by atoms with Gasteiger partial charge in [-0.1, -0.05) is 0 Å². The molecule has 9 nitrogen and oxygen atoms in total. The Kier molecular flexibility index (Phi) is 6.86. The topological polar surface area (TPSA) is 142 Å². The Bertz CT molecular complexity index is 328. The minimum Gasteiger partial charge on any atom is -0.480 e. The van der Waals surface area contributed by atoms with Gasteiger partial charge in [0.25, 0.3) is 0 Å². The molecule has 18 heavy (non-hydrogen) atoms. The molecule has 0 aliphatic carbocycles. The van der Waals surface area contributed by atoms with Crippen molar-refractivity contribution in [3.63, 3.8) is 0 Å². The van der Waals surface area contributed by atoms with Crippen molar-refractivity contribution in [3.8, 4) is 0 Å². The number of carboxylic acids is 1. The van der Waals surface area contributed by atoms with E-state index >= 15 is 0 Å². The monoisotopic (exact) mass is 260 g/mol. The van der Waals surface area contributed by atoms with E-state index in [0.29, 0.717) is 0 Å². The maximum Gasteiger partial charge on any atom is 0.323 e. The third kappa shape index (κ3) is 7.91. The number of nitrogens with one attached hydrogen (secondary N) is 2. The van der Waals surface area contributed by atoms with Crippen molar-refractivity contribution in [2.24, 2.45) is 5.73 Å². The number of hydrogen-bond donors (Lipinski definition) is 4. The van der Waals surface area contributed by atoms with Crippen LogP contribution in [0.2, 0.25) is 0 Å². The van der Waals surface area contributed by atoms with E-state index in [1.165, 1.54) is 6.92 Å². The summed E-state index contributed by atoms with van der Waals surface area (Å²) in [7, 11) is 0. The number of aliphatic carboxylic acids is 1. The molecule has 0 saturated heterocycles. The van der Waals surface area contributed by atoms with Crippen molar-refractivity contribution >= 4 is 23.8 Å². The van der Waals surface area contributed by atoms with E-state index in [2.05, 4.69) is 10.6 Å². The Morgan fingerprint density at radius 3 is 2.11 bits per heavy atom. The quantitative estimate of drug-likeness (QED) is 0.381. The van der Waals surface area contributed by atoms with Gasteiger partial charge in [-0.25, -0.2) is 4.79 Å². The van der Waals surface area contributed by atoms with Crippen LogP contribution in [0, 0.1) is 0 Å². The fourth-order valence-corrected chi connectivity index (χ4v) is 1.07. The second-order valence-electron chi connectivity index (χ2n) is 3.43. The number of primary amides is 1. The molecule has 4 amide bonds. The molecule has 102 valence electrons. The van der Waals surface area contributed by atoms with E-state index in [1.54, 1.807) is 0 Å². The molecule has 0 heterocycles. The maximum absolute atomic E-state index is 11.5. The SMILES string of the molecule is CC(=O)NCCNC(=O)N(CC(N)=O)CC(=O)O. The average molecular weight is 260 g/mol. The molecule has 0 aromatic rings. The van der Waals surface area contributed by atoms with Crippen LogP contribution < -0.4 is 16.4 Å². The summed E-state index contributed by atoms with van der Waals surface area (Å²) in [5.41, 5.74) is 4.89. The van der Waals surface area contributed by atoms with E-state index in [4.69, 9.17) is 10.8 Å². The van der Waals surface area contributed by atoms with Crippen LogP contribution in [-0.4, -0.2) is 60.0 Å². The van der Waals surface area contributed by atoms with Gasteiger partial charge >= 0.3 is 12.0 Å². The van der Waals surface area contributed by atoms with Crippen molar-refractivity contribution in [1.82, 2.24) is 15.5 Å². The van der Waals surface area contributed by atoms with Crippen molar-refractivity contribution < 1.29 is 24.3 Å². The molecule has 0 bridgehead atoms. The number of carbonyl (C=O) groups is 4. The van der Waals surface area contributed by atoms with Crippen LogP contribution in [0.1, 0.15) is 6.92 Å². The molecule has 0 rings (SSSR count). The Labute approximate surface area is 103 Å². The lowest BCUT2D eigenvalue weighted by molar-refractivity contribution is -0.137. The van der Waals surface area contributed by atoms with Gasteiger partial charge in [0.05, 0.1) is 0 Å². The first-order chi connectivity index (χ1) is 8.32. The minimum absolute atomic E-state index is 0.118. The van der Waals surface area contributed by atoms with Gasteiger partial charge in [-0.2, -0.15) is 0 Å². The van der Waals surface area contributed by atoms with Gasteiger partial charge in [0.1, 0.15) is 13.1 Å². The molecule has 0 spiro atoms. The highest BCUT2D eigenvalue weighted by atomic mass is 16.4. The second-order valence-corrected chi connectivity index (χ2v) is 3.43. The molecule has 0 saturated carbocycles. The first-order valence-corrected chi connectivity index (χ1v) is 5.10. The fraction of sp³-hybridized carbons (Fsp3) is 0.556. The number of urea groups is 1.